The molecule has 1 fully saturated rings. The zero-order chi connectivity index (χ0) is 17.1. The molecule has 0 aromatic carbocycles. The Labute approximate surface area is 142 Å². The summed E-state index contributed by atoms with van der Waals surface area (Å²) in [5.41, 5.74) is -0.974. The van der Waals surface area contributed by atoms with Gasteiger partial charge in [-0.05, 0) is 30.2 Å². The van der Waals surface area contributed by atoms with E-state index in [0.29, 0.717) is 12.5 Å². The highest BCUT2D eigenvalue weighted by Gasteiger charge is 2.37. The molecule has 1 aromatic heterocycles. The van der Waals surface area contributed by atoms with Crippen molar-refractivity contribution in [2.75, 3.05) is 19.7 Å². The fourth-order valence-electron chi connectivity index (χ4n) is 3.01. The van der Waals surface area contributed by atoms with Crippen LogP contribution in [0.25, 0.3) is 0 Å². The van der Waals surface area contributed by atoms with Gasteiger partial charge in [-0.25, -0.2) is 4.79 Å². The quantitative estimate of drug-likeness (QED) is 0.772. The lowest BCUT2D eigenvalue weighted by Crippen LogP contribution is -2.46. The Morgan fingerprint density at radius 2 is 2.13 bits per heavy atom. The molecule has 23 heavy (non-hydrogen) atoms. The lowest BCUT2D eigenvalue weighted by molar-refractivity contribution is 0.00768. The SMILES string of the molecule is CC(C)(C)[C@H]1OCC[C@@H]1CNC(=O)NC[C@](C)(O)c1cccs1. The van der Waals surface area contributed by atoms with Crippen molar-refractivity contribution in [1.82, 2.24) is 10.6 Å². The van der Waals surface area contributed by atoms with Gasteiger partial charge >= 0.3 is 6.03 Å². The van der Waals surface area contributed by atoms with E-state index >= 15 is 0 Å². The molecule has 2 rings (SSSR count). The molecule has 0 unspecified atom stereocenters. The highest BCUT2D eigenvalue weighted by molar-refractivity contribution is 7.10. The van der Waals surface area contributed by atoms with Gasteiger partial charge in [0.2, 0.25) is 0 Å². The molecular weight excluding hydrogens is 312 g/mol. The van der Waals surface area contributed by atoms with Crippen molar-refractivity contribution >= 4 is 17.4 Å². The van der Waals surface area contributed by atoms with Gasteiger partial charge in [0.25, 0.3) is 0 Å². The minimum absolute atomic E-state index is 0.0716. The summed E-state index contributed by atoms with van der Waals surface area (Å²) in [6.07, 6.45) is 1.13. The van der Waals surface area contributed by atoms with E-state index < -0.39 is 5.60 Å². The molecule has 1 saturated heterocycles. The van der Waals surface area contributed by atoms with Gasteiger partial charge in [-0.2, -0.15) is 0 Å². The monoisotopic (exact) mass is 340 g/mol. The molecule has 6 heteroatoms. The van der Waals surface area contributed by atoms with Gasteiger partial charge in [0.1, 0.15) is 5.60 Å². The molecule has 1 aromatic rings. The van der Waals surface area contributed by atoms with Gasteiger partial charge in [-0.1, -0.05) is 26.8 Å². The number of aliphatic hydroxyl groups is 1. The number of carbonyl (C=O) groups excluding carboxylic acids is 1. The summed E-state index contributed by atoms with van der Waals surface area (Å²) < 4.78 is 5.82. The average Bonchev–Trinajstić information content (AvgIpc) is 3.12. The van der Waals surface area contributed by atoms with E-state index in [9.17, 15) is 9.90 Å². The average molecular weight is 340 g/mol. The predicted octanol–water partition coefficient (Wildman–Crippen LogP) is 2.71. The summed E-state index contributed by atoms with van der Waals surface area (Å²) >= 11 is 1.48. The summed E-state index contributed by atoms with van der Waals surface area (Å²) in [4.78, 5) is 12.8. The lowest BCUT2D eigenvalue weighted by Gasteiger charge is -2.31. The van der Waals surface area contributed by atoms with Gasteiger partial charge in [0.05, 0.1) is 12.6 Å². The Morgan fingerprint density at radius 1 is 1.39 bits per heavy atom. The number of hydrogen-bond acceptors (Lipinski definition) is 4. The summed E-state index contributed by atoms with van der Waals surface area (Å²) in [6, 6.07) is 3.51. The molecule has 2 amide bonds. The molecule has 1 aliphatic heterocycles. The van der Waals surface area contributed by atoms with Gasteiger partial charge < -0.3 is 20.5 Å². The van der Waals surface area contributed by atoms with E-state index in [-0.39, 0.29) is 24.1 Å². The normalized spacial score (nSPS) is 24.2. The Balaban J connectivity index is 1.77. The highest BCUT2D eigenvalue weighted by atomic mass is 32.1. The van der Waals surface area contributed by atoms with Crippen LogP contribution in [-0.4, -0.2) is 36.9 Å². The third-order valence-electron chi connectivity index (χ3n) is 4.24. The van der Waals surface area contributed by atoms with E-state index in [1.165, 1.54) is 11.3 Å². The van der Waals surface area contributed by atoms with Gasteiger partial charge in [0, 0.05) is 23.9 Å². The van der Waals surface area contributed by atoms with Crippen molar-refractivity contribution < 1.29 is 14.6 Å². The summed E-state index contributed by atoms with van der Waals surface area (Å²) in [5, 5.41) is 18.0. The van der Waals surface area contributed by atoms with E-state index in [1.54, 1.807) is 6.92 Å². The first-order valence-corrected chi connectivity index (χ1v) is 8.98. The second-order valence-corrected chi connectivity index (χ2v) is 8.47. The van der Waals surface area contributed by atoms with Crippen molar-refractivity contribution in [2.45, 2.75) is 45.8 Å². The van der Waals surface area contributed by atoms with Crippen LogP contribution < -0.4 is 10.6 Å². The number of rotatable bonds is 5. The van der Waals surface area contributed by atoms with E-state index in [0.717, 1.165) is 17.9 Å². The van der Waals surface area contributed by atoms with Crippen LogP contribution in [0.1, 0.15) is 39.0 Å². The Kier molecular flexibility index (Phi) is 5.70. The first-order chi connectivity index (χ1) is 10.7. The number of hydrogen-bond donors (Lipinski definition) is 3. The number of carbonyl (C=O) groups is 1. The van der Waals surface area contributed by atoms with Crippen molar-refractivity contribution in [1.29, 1.82) is 0 Å². The minimum Gasteiger partial charge on any atom is -0.383 e. The van der Waals surface area contributed by atoms with Gasteiger partial charge in [-0.3, -0.25) is 0 Å². The van der Waals surface area contributed by atoms with Crippen LogP contribution >= 0.6 is 11.3 Å². The molecule has 0 bridgehead atoms. The van der Waals surface area contributed by atoms with Crippen LogP contribution in [0.4, 0.5) is 4.79 Å². The van der Waals surface area contributed by atoms with Crippen molar-refractivity contribution in [3.8, 4) is 0 Å². The minimum atomic E-state index is -1.05. The number of urea groups is 1. The largest absolute Gasteiger partial charge is 0.383 e. The van der Waals surface area contributed by atoms with Crippen molar-refractivity contribution in [2.24, 2.45) is 11.3 Å². The standard InChI is InChI=1S/C17H28N2O3S/c1-16(2,3)14-12(7-8-22-14)10-18-15(20)19-11-17(4,21)13-6-5-9-23-13/h5-6,9,12,14,21H,7-8,10-11H2,1-4H3,(H2,18,19,20)/t12-,14+,17+/m1/s1. The molecule has 0 spiro atoms. The molecule has 0 radical (unpaired) electrons. The third kappa shape index (κ3) is 4.93. The number of nitrogens with one attached hydrogen (secondary N) is 2. The molecule has 5 nitrogen and oxygen atoms in total. The van der Waals surface area contributed by atoms with Crippen LogP contribution in [0.2, 0.25) is 0 Å². The fraction of sp³-hybridized carbons (Fsp3) is 0.706. The smallest absolute Gasteiger partial charge is 0.314 e. The van der Waals surface area contributed by atoms with E-state index in [4.69, 9.17) is 4.74 Å². The lowest BCUT2D eigenvalue weighted by atomic mass is 9.81. The maximum atomic E-state index is 12.0. The zero-order valence-electron chi connectivity index (χ0n) is 14.4. The molecule has 0 saturated carbocycles. The Bertz CT molecular complexity index is 508. The number of amides is 2. The second-order valence-electron chi connectivity index (χ2n) is 7.52. The Hall–Kier alpha value is -1.11. The topological polar surface area (TPSA) is 70.6 Å². The first-order valence-electron chi connectivity index (χ1n) is 8.10. The van der Waals surface area contributed by atoms with Crippen molar-refractivity contribution in [3.63, 3.8) is 0 Å². The molecule has 0 aliphatic carbocycles. The molecule has 130 valence electrons. The maximum absolute atomic E-state index is 12.0. The molecule has 1 aliphatic rings. The van der Waals surface area contributed by atoms with E-state index in [1.807, 2.05) is 17.5 Å². The summed E-state index contributed by atoms with van der Waals surface area (Å²) in [6.45, 7) is 9.72. The molecule has 3 N–H and O–H groups in total. The van der Waals surface area contributed by atoms with Crippen LogP contribution in [0, 0.1) is 11.3 Å². The van der Waals surface area contributed by atoms with Gasteiger partial charge in [0.15, 0.2) is 0 Å². The van der Waals surface area contributed by atoms with Crippen molar-refractivity contribution in [3.05, 3.63) is 22.4 Å². The number of thiophene rings is 1. The van der Waals surface area contributed by atoms with Crippen LogP contribution in [0.3, 0.4) is 0 Å². The molecule has 3 atom stereocenters. The Morgan fingerprint density at radius 3 is 2.74 bits per heavy atom. The second kappa shape index (κ2) is 7.20. The predicted molar refractivity (Wildman–Crippen MR) is 92.6 cm³/mol. The zero-order valence-corrected chi connectivity index (χ0v) is 15.2. The fourth-order valence-corrected chi connectivity index (χ4v) is 3.80. The maximum Gasteiger partial charge on any atom is 0.314 e. The first kappa shape index (κ1) is 18.2. The molecule has 2 heterocycles. The number of ether oxygens (including phenoxy) is 1. The van der Waals surface area contributed by atoms with Crippen LogP contribution in [-0.2, 0) is 10.3 Å². The third-order valence-corrected chi connectivity index (χ3v) is 5.36. The highest BCUT2D eigenvalue weighted by Crippen LogP contribution is 2.34. The van der Waals surface area contributed by atoms with E-state index in [2.05, 4.69) is 31.4 Å². The van der Waals surface area contributed by atoms with Crippen LogP contribution in [0.5, 0.6) is 0 Å². The van der Waals surface area contributed by atoms with Gasteiger partial charge in [-0.15, -0.1) is 11.3 Å². The summed E-state index contributed by atoms with van der Waals surface area (Å²) in [7, 11) is 0. The summed E-state index contributed by atoms with van der Waals surface area (Å²) in [5.74, 6) is 0.332. The van der Waals surface area contributed by atoms with Crippen LogP contribution in [0.15, 0.2) is 17.5 Å². The molecular formula is C17H28N2O3S.